The molecule has 0 heterocycles. The third kappa shape index (κ3) is 4.07. The summed E-state index contributed by atoms with van der Waals surface area (Å²) in [5, 5.41) is 8.70. The third-order valence-electron chi connectivity index (χ3n) is 2.55. The zero-order chi connectivity index (χ0) is 14.5. The minimum atomic E-state index is -3.34. The van der Waals surface area contributed by atoms with Gasteiger partial charge in [-0.25, -0.2) is 8.42 Å². The number of rotatable bonds is 5. The first-order valence-corrected chi connectivity index (χ1v) is 7.75. The molecule has 5 nitrogen and oxygen atoms in total. The van der Waals surface area contributed by atoms with E-state index >= 15 is 0 Å². The molecule has 19 heavy (non-hydrogen) atoms. The van der Waals surface area contributed by atoms with Gasteiger partial charge < -0.3 is 4.90 Å². The van der Waals surface area contributed by atoms with Crippen LogP contribution in [-0.4, -0.2) is 38.6 Å². The maximum Gasteiger partial charge on any atom is 0.254 e. The summed E-state index contributed by atoms with van der Waals surface area (Å²) in [7, 11) is -3.34. The van der Waals surface area contributed by atoms with E-state index in [0.29, 0.717) is 6.54 Å². The maximum atomic E-state index is 12.2. The molecule has 102 valence electrons. The van der Waals surface area contributed by atoms with Crippen molar-refractivity contribution in [3.05, 3.63) is 29.8 Å². The van der Waals surface area contributed by atoms with Crippen molar-refractivity contribution >= 4 is 15.7 Å². The lowest BCUT2D eigenvalue weighted by atomic mass is 10.2. The number of benzene rings is 1. The van der Waals surface area contributed by atoms with Gasteiger partial charge in [0.2, 0.25) is 0 Å². The quantitative estimate of drug-likeness (QED) is 0.765. The van der Waals surface area contributed by atoms with Gasteiger partial charge in [-0.2, -0.15) is 5.26 Å². The summed E-state index contributed by atoms with van der Waals surface area (Å²) < 4.78 is 22.9. The summed E-state index contributed by atoms with van der Waals surface area (Å²) in [4.78, 5) is 13.7. The molecule has 0 radical (unpaired) electrons. The first-order chi connectivity index (χ1) is 8.90. The van der Waals surface area contributed by atoms with Gasteiger partial charge in [0, 0.05) is 18.4 Å². The van der Waals surface area contributed by atoms with Gasteiger partial charge >= 0.3 is 0 Å². The number of carbonyl (C=O) groups is 1. The van der Waals surface area contributed by atoms with Crippen LogP contribution >= 0.6 is 0 Å². The number of sulfone groups is 1. The summed E-state index contributed by atoms with van der Waals surface area (Å²) in [5.74, 6) is -0.325. The third-order valence-corrected chi connectivity index (χ3v) is 3.66. The lowest BCUT2D eigenvalue weighted by Gasteiger charge is -2.18. The van der Waals surface area contributed by atoms with Gasteiger partial charge in [0.15, 0.2) is 9.84 Å². The van der Waals surface area contributed by atoms with E-state index in [4.69, 9.17) is 5.26 Å². The number of carbonyl (C=O) groups excluding carboxylic acids is 1. The van der Waals surface area contributed by atoms with Crippen molar-refractivity contribution in [1.29, 1.82) is 5.26 Å². The van der Waals surface area contributed by atoms with E-state index in [-0.39, 0.29) is 22.9 Å². The summed E-state index contributed by atoms with van der Waals surface area (Å²) in [6.45, 7) is 2.37. The van der Waals surface area contributed by atoms with Gasteiger partial charge in [-0.05, 0) is 24.6 Å². The molecule has 0 aliphatic carbocycles. The highest BCUT2D eigenvalue weighted by Crippen LogP contribution is 2.13. The molecule has 0 N–H and O–H groups in total. The average Bonchev–Trinajstić information content (AvgIpc) is 2.37. The van der Waals surface area contributed by atoms with Crippen LogP contribution in [0.15, 0.2) is 29.2 Å². The van der Waals surface area contributed by atoms with Crippen molar-refractivity contribution in [2.75, 3.05) is 19.3 Å². The van der Waals surface area contributed by atoms with Crippen molar-refractivity contribution < 1.29 is 13.2 Å². The van der Waals surface area contributed by atoms with Crippen LogP contribution in [0.4, 0.5) is 0 Å². The minimum absolute atomic E-state index is 0.00419. The fourth-order valence-corrected chi connectivity index (χ4v) is 2.32. The fourth-order valence-electron chi connectivity index (χ4n) is 1.65. The zero-order valence-corrected chi connectivity index (χ0v) is 11.8. The summed E-state index contributed by atoms with van der Waals surface area (Å²) in [6, 6.07) is 7.81. The second kappa shape index (κ2) is 6.34. The van der Waals surface area contributed by atoms with Crippen LogP contribution in [0.1, 0.15) is 23.7 Å². The second-order valence-electron chi connectivity index (χ2n) is 4.18. The van der Waals surface area contributed by atoms with Crippen molar-refractivity contribution in [2.45, 2.75) is 18.2 Å². The monoisotopic (exact) mass is 280 g/mol. The number of hydrogen-bond donors (Lipinski definition) is 0. The lowest BCUT2D eigenvalue weighted by Crippen LogP contribution is -2.32. The smallest absolute Gasteiger partial charge is 0.254 e. The molecule has 0 unspecified atom stereocenters. The summed E-state index contributed by atoms with van der Waals surface area (Å²) >= 11 is 0. The predicted molar refractivity (Wildman–Crippen MR) is 71.4 cm³/mol. The number of hydrogen-bond acceptors (Lipinski definition) is 4. The number of amides is 1. The lowest BCUT2D eigenvalue weighted by molar-refractivity contribution is 0.0776. The first-order valence-electron chi connectivity index (χ1n) is 5.86. The van der Waals surface area contributed by atoms with E-state index in [1.807, 2.05) is 13.0 Å². The molecule has 0 aromatic heterocycles. The Hall–Kier alpha value is -1.87. The average molecular weight is 280 g/mol. The molecule has 1 rings (SSSR count). The minimum Gasteiger partial charge on any atom is -0.325 e. The molecule has 1 aromatic carbocycles. The molecule has 0 saturated carbocycles. The number of nitrogens with zero attached hydrogens (tertiary/aromatic N) is 2. The van der Waals surface area contributed by atoms with Gasteiger partial charge in [0.1, 0.15) is 6.54 Å². The highest BCUT2D eigenvalue weighted by molar-refractivity contribution is 7.90. The molecule has 0 aliphatic rings. The SMILES string of the molecule is CCCN(CC#N)C(=O)c1cccc(S(C)(=O)=O)c1. The Morgan fingerprint density at radius 1 is 1.42 bits per heavy atom. The van der Waals surface area contributed by atoms with E-state index < -0.39 is 9.84 Å². The molecule has 0 aliphatic heterocycles. The maximum absolute atomic E-state index is 12.2. The molecule has 0 bridgehead atoms. The van der Waals surface area contributed by atoms with Crippen molar-refractivity contribution in [2.24, 2.45) is 0 Å². The van der Waals surface area contributed by atoms with Crippen LogP contribution in [0, 0.1) is 11.3 Å². The van der Waals surface area contributed by atoms with Crippen LogP contribution in [0.25, 0.3) is 0 Å². The van der Waals surface area contributed by atoms with Gasteiger partial charge in [-0.3, -0.25) is 4.79 Å². The van der Waals surface area contributed by atoms with Crippen LogP contribution in [0.2, 0.25) is 0 Å². The van der Waals surface area contributed by atoms with E-state index in [9.17, 15) is 13.2 Å². The van der Waals surface area contributed by atoms with Gasteiger partial charge in [0.25, 0.3) is 5.91 Å². The topological polar surface area (TPSA) is 78.2 Å². The molecule has 0 spiro atoms. The van der Waals surface area contributed by atoms with Gasteiger partial charge in [-0.15, -0.1) is 0 Å². The van der Waals surface area contributed by atoms with E-state index in [2.05, 4.69) is 0 Å². The predicted octanol–water partition coefficient (Wildman–Crippen LogP) is 1.47. The van der Waals surface area contributed by atoms with Crippen molar-refractivity contribution in [3.63, 3.8) is 0 Å². The highest BCUT2D eigenvalue weighted by Gasteiger charge is 2.16. The van der Waals surface area contributed by atoms with E-state index in [0.717, 1.165) is 12.7 Å². The molecule has 0 atom stereocenters. The first kappa shape index (κ1) is 15.2. The van der Waals surface area contributed by atoms with Crippen LogP contribution in [0.3, 0.4) is 0 Å². The largest absolute Gasteiger partial charge is 0.325 e. The zero-order valence-electron chi connectivity index (χ0n) is 11.0. The van der Waals surface area contributed by atoms with Crippen LogP contribution in [-0.2, 0) is 9.84 Å². The molecular formula is C13H16N2O3S. The molecule has 1 aromatic rings. The molecule has 6 heteroatoms. The Bertz CT molecular complexity index is 603. The normalized spacial score (nSPS) is 10.8. The highest BCUT2D eigenvalue weighted by atomic mass is 32.2. The molecular weight excluding hydrogens is 264 g/mol. The molecule has 0 saturated heterocycles. The number of nitriles is 1. The van der Waals surface area contributed by atoms with Crippen LogP contribution in [0.5, 0.6) is 0 Å². The Balaban J connectivity index is 3.09. The van der Waals surface area contributed by atoms with Gasteiger partial charge in [0.05, 0.1) is 11.0 Å². The van der Waals surface area contributed by atoms with E-state index in [1.54, 1.807) is 6.07 Å². The van der Waals surface area contributed by atoms with Gasteiger partial charge in [-0.1, -0.05) is 13.0 Å². The standard InChI is InChI=1S/C13H16N2O3S/c1-3-8-15(9-7-14)13(16)11-5-4-6-12(10-11)19(2,17)18/h4-6,10H,3,8-9H2,1-2H3. The Morgan fingerprint density at radius 2 is 2.11 bits per heavy atom. The Morgan fingerprint density at radius 3 is 2.63 bits per heavy atom. The van der Waals surface area contributed by atoms with Crippen molar-refractivity contribution in [1.82, 2.24) is 4.90 Å². The Labute approximate surface area is 113 Å². The molecule has 0 fully saturated rings. The fraction of sp³-hybridized carbons (Fsp3) is 0.385. The van der Waals surface area contributed by atoms with Crippen LogP contribution < -0.4 is 0 Å². The second-order valence-corrected chi connectivity index (χ2v) is 6.20. The molecule has 1 amide bonds. The van der Waals surface area contributed by atoms with Crippen molar-refractivity contribution in [3.8, 4) is 6.07 Å². The Kier molecular flexibility index (Phi) is 5.07. The van der Waals surface area contributed by atoms with E-state index in [1.165, 1.54) is 23.1 Å². The summed E-state index contributed by atoms with van der Waals surface area (Å²) in [6.07, 6.45) is 1.83. The summed E-state index contributed by atoms with van der Waals surface area (Å²) in [5.41, 5.74) is 0.284.